The Bertz CT molecular complexity index is 528. The number of rotatable bonds is 4. The van der Waals surface area contributed by atoms with Crippen LogP contribution in [0.1, 0.15) is 24.8 Å². The largest absolute Gasteiger partial charge is 0.481 e. The van der Waals surface area contributed by atoms with Crippen LogP contribution in [0.5, 0.6) is 0 Å². The van der Waals surface area contributed by atoms with Crippen LogP contribution in [0, 0.1) is 17.8 Å². The molecule has 0 aromatic heterocycles. The number of likely N-dealkylation sites (tertiary alicyclic amines) is 1. The van der Waals surface area contributed by atoms with Crippen LogP contribution < -0.4 is 0 Å². The third kappa shape index (κ3) is 3.26. The molecule has 1 aliphatic heterocycles. The molecular formula is C17H21NO3. The van der Waals surface area contributed by atoms with E-state index in [1.807, 2.05) is 23.1 Å². The Hall–Kier alpha value is -1.84. The Labute approximate surface area is 124 Å². The quantitative estimate of drug-likeness (QED) is 0.923. The fourth-order valence-corrected chi connectivity index (χ4v) is 3.35. The molecule has 1 amide bonds. The third-order valence-corrected chi connectivity index (χ3v) is 4.62. The van der Waals surface area contributed by atoms with E-state index in [2.05, 4.69) is 12.1 Å². The Morgan fingerprint density at radius 2 is 1.95 bits per heavy atom. The average Bonchev–Trinajstić information content (AvgIpc) is 3.28. The minimum absolute atomic E-state index is 0.0557. The first kappa shape index (κ1) is 14.1. The van der Waals surface area contributed by atoms with Crippen molar-refractivity contribution in [1.82, 2.24) is 4.90 Å². The van der Waals surface area contributed by atoms with Crippen LogP contribution in [0.3, 0.4) is 0 Å². The fourth-order valence-electron chi connectivity index (χ4n) is 3.35. The lowest BCUT2D eigenvalue weighted by Gasteiger charge is -2.33. The van der Waals surface area contributed by atoms with Gasteiger partial charge in [-0.1, -0.05) is 30.3 Å². The monoisotopic (exact) mass is 287 g/mol. The van der Waals surface area contributed by atoms with Crippen molar-refractivity contribution in [1.29, 1.82) is 0 Å². The second-order valence-corrected chi connectivity index (χ2v) is 6.27. The van der Waals surface area contributed by atoms with Gasteiger partial charge >= 0.3 is 5.97 Å². The molecule has 3 unspecified atom stereocenters. The van der Waals surface area contributed by atoms with Crippen molar-refractivity contribution in [2.24, 2.45) is 17.8 Å². The molecule has 1 saturated heterocycles. The molecule has 1 N–H and O–H groups in total. The maximum atomic E-state index is 12.3. The first-order valence-corrected chi connectivity index (χ1v) is 7.70. The molecule has 21 heavy (non-hydrogen) atoms. The van der Waals surface area contributed by atoms with Crippen LogP contribution >= 0.6 is 0 Å². The molecule has 1 heterocycles. The van der Waals surface area contributed by atoms with E-state index >= 15 is 0 Å². The number of piperidine rings is 1. The number of amides is 1. The molecule has 2 fully saturated rings. The lowest BCUT2D eigenvalue weighted by Crippen LogP contribution is -2.41. The van der Waals surface area contributed by atoms with Crippen LogP contribution in [0.15, 0.2) is 30.3 Å². The van der Waals surface area contributed by atoms with E-state index in [0.29, 0.717) is 12.3 Å². The van der Waals surface area contributed by atoms with E-state index in [9.17, 15) is 9.59 Å². The van der Waals surface area contributed by atoms with Gasteiger partial charge in [-0.15, -0.1) is 0 Å². The smallest absolute Gasteiger partial charge is 0.307 e. The lowest BCUT2D eigenvalue weighted by molar-refractivity contribution is -0.142. The first-order chi connectivity index (χ1) is 10.1. The molecule has 0 radical (unpaired) electrons. The van der Waals surface area contributed by atoms with E-state index in [-0.39, 0.29) is 11.8 Å². The molecule has 4 nitrogen and oxygen atoms in total. The predicted molar refractivity (Wildman–Crippen MR) is 78.7 cm³/mol. The SMILES string of the molecule is O=C(O)C1CC1C(=O)N1CCCC(Cc2ccccc2)C1. The molecule has 0 bridgehead atoms. The van der Waals surface area contributed by atoms with Gasteiger partial charge in [0.2, 0.25) is 5.91 Å². The predicted octanol–water partition coefficient (Wildman–Crippen LogP) is 2.19. The number of nitrogens with zero attached hydrogens (tertiary/aromatic N) is 1. The van der Waals surface area contributed by atoms with Gasteiger partial charge in [0.05, 0.1) is 11.8 Å². The maximum Gasteiger partial charge on any atom is 0.307 e. The van der Waals surface area contributed by atoms with E-state index < -0.39 is 11.9 Å². The highest BCUT2D eigenvalue weighted by Crippen LogP contribution is 2.40. The van der Waals surface area contributed by atoms with Crippen molar-refractivity contribution in [3.8, 4) is 0 Å². The van der Waals surface area contributed by atoms with Crippen molar-refractivity contribution in [2.75, 3.05) is 13.1 Å². The number of carboxylic acids is 1. The minimum Gasteiger partial charge on any atom is -0.481 e. The van der Waals surface area contributed by atoms with Crippen molar-refractivity contribution in [3.63, 3.8) is 0 Å². The van der Waals surface area contributed by atoms with E-state index in [4.69, 9.17) is 5.11 Å². The zero-order valence-corrected chi connectivity index (χ0v) is 12.1. The standard InChI is InChI=1S/C17H21NO3/c19-16(14-10-15(14)17(20)21)18-8-4-7-13(11-18)9-12-5-2-1-3-6-12/h1-3,5-6,13-15H,4,7-11H2,(H,20,21). The van der Waals surface area contributed by atoms with Crippen molar-refractivity contribution in [3.05, 3.63) is 35.9 Å². The molecule has 0 spiro atoms. The number of hydrogen-bond acceptors (Lipinski definition) is 2. The zero-order chi connectivity index (χ0) is 14.8. The highest BCUT2D eigenvalue weighted by molar-refractivity contribution is 5.89. The molecule has 2 aliphatic rings. The highest BCUT2D eigenvalue weighted by atomic mass is 16.4. The average molecular weight is 287 g/mol. The Morgan fingerprint density at radius 3 is 2.62 bits per heavy atom. The summed E-state index contributed by atoms with van der Waals surface area (Å²) in [6.07, 6.45) is 3.69. The molecular weight excluding hydrogens is 266 g/mol. The number of carboxylic acid groups (broad SMARTS) is 1. The van der Waals surface area contributed by atoms with Gasteiger partial charge < -0.3 is 10.0 Å². The van der Waals surface area contributed by atoms with Gasteiger partial charge in [-0.05, 0) is 37.2 Å². The van der Waals surface area contributed by atoms with Gasteiger partial charge in [0.15, 0.2) is 0 Å². The number of aliphatic carboxylic acids is 1. The Kier molecular flexibility index (Phi) is 3.95. The molecule has 4 heteroatoms. The molecule has 1 aliphatic carbocycles. The van der Waals surface area contributed by atoms with Gasteiger partial charge in [0.25, 0.3) is 0 Å². The summed E-state index contributed by atoms with van der Waals surface area (Å²) < 4.78 is 0. The van der Waals surface area contributed by atoms with Gasteiger partial charge in [-0.3, -0.25) is 9.59 Å². The van der Waals surface area contributed by atoms with Crippen molar-refractivity contribution < 1.29 is 14.7 Å². The molecule has 3 atom stereocenters. The van der Waals surface area contributed by atoms with Gasteiger partial charge in [0, 0.05) is 13.1 Å². The second kappa shape index (κ2) is 5.88. The van der Waals surface area contributed by atoms with Crippen LogP contribution in [-0.4, -0.2) is 35.0 Å². The number of benzene rings is 1. The molecule has 1 aromatic carbocycles. The topological polar surface area (TPSA) is 57.6 Å². The summed E-state index contributed by atoms with van der Waals surface area (Å²) in [6.45, 7) is 1.56. The first-order valence-electron chi connectivity index (χ1n) is 7.70. The normalized spacial score (nSPS) is 28.2. The van der Waals surface area contributed by atoms with Crippen LogP contribution in [0.4, 0.5) is 0 Å². The van der Waals surface area contributed by atoms with E-state index in [1.54, 1.807) is 0 Å². The summed E-state index contributed by atoms with van der Waals surface area (Å²) >= 11 is 0. The molecule has 1 aromatic rings. The van der Waals surface area contributed by atoms with Gasteiger partial charge in [-0.25, -0.2) is 0 Å². The van der Waals surface area contributed by atoms with Crippen molar-refractivity contribution >= 4 is 11.9 Å². The van der Waals surface area contributed by atoms with Gasteiger partial charge in [0.1, 0.15) is 0 Å². The summed E-state index contributed by atoms with van der Waals surface area (Å²) in [6, 6.07) is 10.4. The summed E-state index contributed by atoms with van der Waals surface area (Å²) in [5.74, 6) is -0.983. The maximum absolute atomic E-state index is 12.3. The summed E-state index contributed by atoms with van der Waals surface area (Å²) in [4.78, 5) is 25.1. The fraction of sp³-hybridized carbons (Fsp3) is 0.529. The van der Waals surface area contributed by atoms with E-state index in [0.717, 1.165) is 32.4 Å². The minimum atomic E-state index is -0.828. The summed E-state index contributed by atoms with van der Waals surface area (Å²) in [7, 11) is 0. The zero-order valence-electron chi connectivity index (χ0n) is 12.1. The second-order valence-electron chi connectivity index (χ2n) is 6.27. The molecule has 112 valence electrons. The lowest BCUT2D eigenvalue weighted by atomic mass is 9.91. The number of hydrogen-bond donors (Lipinski definition) is 1. The van der Waals surface area contributed by atoms with Gasteiger partial charge in [-0.2, -0.15) is 0 Å². The third-order valence-electron chi connectivity index (χ3n) is 4.62. The number of carbonyl (C=O) groups is 2. The number of carbonyl (C=O) groups excluding carboxylic acids is 1. The summed E-state index contributed by atoms with van der Waals surface area (Å²) in [5.41, 5.74) is 1.31. The van der Waals surface area contributed by atoms with Crippen LogP contribution in [0.2, 0.25) is 0 Å². The summed E-state index contributed by atoms with van der Waals surface area (Å²) in [5, 5.41) is 8.95. The molecule has 3 rings (SSSR count). The Balaban J connectivity index is 1.56. The van der Waals surface area contributed by atoms with Crippen LogP contribution in [-0.2, 0) is 16.0 Å². The van der Waals surface area contributed by atoms with E-state index in [1.165, 1.54) is 5.56 Å². The van der Waals surface area contributed by atoms with Crippen molar-refractivity contribution in [2.45, 2.75) is 25.7 Å². The highest BCUT2D eigenvalue weighted by Gasteiger charge is 2.50. The molecule has 1 saturated carbocycles. The Morgan fingerprint density at radius 1 is 1.19 bits per heavy atom. The van der Waals surface area contributed by atoms with Crippen LogP contribution in [0.25, 0.3) is 0 Å².